The van der Waals surface area contributed by atoms with Crippen LogP contribution in [0.3, 0.4) is 0 Å². The molecule has 1 heterocycles. The van der Waals surface area contributed by atoms with E-state index in [1.165, 1.54) is 18.2 Å². The molecule has 110 valence electrons. The first-order valence-corrected chi connectivity index (χ1v) is 6.66. The molecule has 1 saturated carbocycles. The van der Waals surface area contributed by atoms with Gasteiger partial charge in [-0.2, -0.15) is 13.2 Å². The second-order valence-corrected chi connectivity index (χ2v) is 5.36. The van der Waals surface area contributed by atoms with Gasteiger partial charge in [0, 0.05) is 6.04 Å². The van der Waals surface area contributed by atoms with E-state index in [2.05, 4.69) is 4.98 Å². The van der Waals surface area contributed by atoms with Crippen LogP contribution < -0.4 is 0 Å². The number of hydrogen-bond donors (Lipinski definition) is 0. The lowest BCUT2D eigenvalue weighted by Gasteiger charge is -2.30. The van der Waals surface area contributed by atoms with E-state index in [-0.39, 0.29) is 16.8 Å². The zero-order chi connectivity index (χ0) is 14.9. The van der Waals surface area contributed by atoms with E-state index in [1.807, 2.05) is 0 Å². The number of halogens is 4. The van der Waals surface area contributed by atoms with Gasteiger partial charge in [-0.15, -0.1) is 0 Å². The molecule has 1 aliphatic rings. The van der Waals surface area contributed by atoms with Crippen LogP contribution in [-0.4, -0.2) is 34.6 Å². The summed E-state index contributed by atoms with van der Waals surface area (Å²) in [5.74, 6) is -0.593. The van der Waals surface area contributed by atoms with Crippen LogP contribution in [-0.2, 0) is 0 Å². The highest BCUT2D eigenvalue weighted by atomic mass is 35.5. The largest absolute Gasteiger partial charge is 0.406 e. The van der Waals surface area contributed by atoms with Gasteiger partial charge in [0.1, 0.15) is 17.4 Å². The lowest BCUT2D eigenvalue weighted by molar-refractivity contribution is -0.144. The Morgan fingerprint density at radius 3 is 2.65 bits per heavy atom. The van der Waals surface area contributed by atoms with Gasteiger partial charge in [-0.05, 0) is 37.8 Å². The van der Waals surface area contributed by atoms with Crippen molar-refractivity contribution in [3.05, 3.63) is 29.0 Å². The molecule has 2 rings (SSSR count). The predicted octanol–water partition coefficient (Wildman–Crippen LogP) is 3.54. The van der Waals surface area contributed by atoms with Crippen LogP contribution in [0.25, 0.3) is 0 Å². The van der Waals surface area contributed by atoms with E-state index in [0.717, 1.165) is 17.7 Å². The number of amides is 1. The molecule has 20 heavy (non-hydrogen) atoms. The minimum Gasteiger partial charge on any atom is -0.325 e. The maximum Gasteiger partial charge on any atom is 0.406 e. The third-order valence-electron chi connectivity index (χ3n) is 3.34. The average molecular weight is 307 g/mol. The minimum absolute atomic E-state index is 0.0609. The summed E-state index contributed by atoms with van der Waals surface area (Å²) in [7, 11) is 0. The fraction of sp³-hybridized carbons (Fsp3) is 0.538. The Morgan fingerprint density at radius 1 is 1.50 bits per heavy atom. The Bertz CT molecular complexity index is 503. The second kappa shape index (κ2) is 5.60. The van der Waals surface area contributed by atoms with Crippen molar-refractivity contribution in [2.45, 2.75) is 32.0 Å². The first-order valence-electron chi connectivity index (χ1n) is 6.28. The van der Waals surface area contributed by atoms with Crippen LogP contribution >= 0.6 is 11.6 Å². The number of pyridine rings is 1. The molecule has 1 aliphatic carbocycles. The maximum atomic E-state index is 12.7. The summed E-state index contributed by atoms with van der Waals surface area (Å²) in [6, 6.07) is 3.88. The van der Waals surface area contributed by atoms with Gasteiger partial charge in [0.2, 0.25) is 0 Å². The van der Waals surface area contributed by atoms with E-state index in [0.29, 0.717) is 0 Å². The van der Waals surface area contributed by atoms with Gasteiger partial charge >= 0.3 is 6.18 Å². The van der Waals surface area contributed by atoms with E-state index >= 15 is 0 Å². The topological polar surface area (TPSA) is 33.2 Å². The third kappa shape index (κ3) is 3.85. The molecule has 3 nitrogen and oxygen atoms in total. The van der Waals surface area contributed by atoms with Crippen molar-refractivity contribution in [3.63, 3.8) is 0 Å². The predicted molar refractivity (Wildman–Crippen MR) is 68.5 cm³/mol. The van der Waals surface area contributed by atoms with Crippen molar-refractivity contribution in [2.24, 2.45) is 5.92 Å². The second-order valence-electron chi connectivity index (χ2n) is 4.97. The number of nitrogens with zero attached hydrogens (tertiary/aromatic N) is 2. The summed E-state index contributed by atoms with van der Waals surface area (Å²) in [6.45, 7) is 0.379. The quantitative estimate of drug-likeness (QED) is 0.797. The molecule has 1 atom stereocenters. The van der Waals surface area contributed by atoms with Crippen LogP contribution in [0.2, 0.25) is 5.15 Å². The Balaban J connectivity index is 2.23. The fourth-order valence-electron chi connectivity index (χ4n) is 2.10. The maximum absolute atomic E-state index is 12.7. The van der Waals surface area contributed by atoms with Crippen LogP contribution in [0.4, 0.5) is 13.2 Å². The summed E-state index contributed by atoms with van der Waals surface area (Å²) < 4.78 is 38.0. The first kappa shape index (κ1) is 15.1. The molecule has 1 amide bonds. The highest BCUT2D eigenvalue weighted by Gasteiger charge is 2.41. The molecule has 1 aromatic heterocycles. The Labute approximate surface area is 119 Å². The Morgan fingerprint density at radius 2 is 2.15 bits per heavy atom. The molecule has 7 heteroatoms. The van der Waals surface area contributed by atoms with Crippen LogP contribution in [0.1, 0.15) is 30.3 Å². The lowest BCUT2D eigenvalue weighted by atomic mass is 10.1. The van der Waals surface area contributed by atoms with E-state index in [1.54, 1.807) is 6.92 Å². The number of aromatic nitrogens is 1. The summed E-state index contributed by atoms with van der Waals surface area (Å²) in [5.41, 5.74) is -0.0609. The van der Waals surface area contributed by atoms with Gasteiger partial charge in [0.05, 0.1) is 0 Å². The van der Waals surface area contributed by atoms with Crippen molar-refractivity contribution in [1.29, 1.82) is 0 Å². The fourth-order valence-corrected chi connectivity index (χ4v) is 2.27. The van der Waals surface area contributed by atoms with Gasteiger partial charge in [-0.3, -0.25) is 4.79 Å². The number of carbonyl (C=O) groups is 1. The van der Waals surface area contributed by atoms with Crippen LogP contribution in [0.15, 0.2) is 18.2 Å². The molecule has 0 aliphatic heterocycles. The first-order chi connectivity index (χ1) is 9.28. The van der Waals surface area contributed by atoms with Crippen LogP contribution in [0, 0.1) is 5.92 Å². The van der Waals surface area contributed by atoms with Crippen molar-refractivity contribution in [2.75, 3.05) is 6.54 Å². The van der Waals surface area contributed by atoms with Crippen molar-refractivity contribution in [1.82, 2.24) is 9.88 Å². The molecule has 0 saturated heterocycles. The summed E-state index contributed by atoms with van der Waals surface area (Å²) in [4.78, 5) is 16.9. The molecule has 0 spiro atoms. The minimum atomic E-state index is -4.43. The number of rotatable bonds is 4. The summed E-state index contributed by atoms with van der Waals surface area (Å²) in [6.07, 6.45) is -2.73. The summed E-state index contributed by atoms with van der Waals surface area (Å²) >= 11 is 5.68. The monoisotopic (exact) mass is 306 g/mol. The molecule has 0 N–H and O–H groups in total. The summed E-state index contributed by atoms with van der Waals surface area (Å²) in [5, 5.41) is 0.0851. The standard InChI is InChI=1S/C13H14ClF3N2O/c1-8(9-5-6-9)19(7-13(15,16)17)12(20)10-3-2-4-11(14)18-10/h2-4,8-9H,5-7H2,1H3. The number of alkyl halides is 3. The highest BCUT2D eigenvalue weighted by molar-refractivity contribution is 6.29. The molecule has 0 bridgehead atoms. The van der Waals surface area contributed by atoms with Crippen molar-refractivity contribution >= 4 is 17.5 Å². The van der Waals surface area contributed by atoms with E-state index in [9.17, 15) is 18.0 Å². The van der Waals surface area contributed by atoms with E-state index in [4.69, 9.17) is 11.6 Å². The zero-order valence-electron chi connectivity index (χ0n) is 10.8. The molecular weight excluding hydrogens is 293 g/mol. The van der Waals surface area contributed by atoms with Crippen LogP contribution in [0.5, 0.6) is 0 Å². The van der Waals surface area contributed by atoms with E-state index < -0.39 is 24.7 Å². The molecule has 1 unspecified atom stereocenters. The third-order valence-corrected chi connectivity index (χ3v) is 3.55. The smallest absolute Gasteiger partial charge is 0.325 e. The molecule has 0 radical (unpaired) electrons. The Kier molecular flexibility index (Phi) is 4.22. The van der Waals surface area contributed by atoms with Gasteiger partial charge in [-0.25, -0.2) is 4.98 Å². The molecule has 0 aromatic carbocycles. The number of hydrogen-bond acceptors (Lipinski definition) is 2. The van der Waals surface area contributed by atoms with Gasteiger partial charge in [0.15, 0.2) is 0 Å². The molecule has 1 aromatic rings. The zero-order valence-corrected chi connectivity index (χ0v) is 11.6. The lowest BCUT2D eigenvalue weighted by Crippen LogP contribution is -2.45. The van der Waals surface area contributed by atoms with Gasteiger partial charge < -0.3 is 4.90 Å². The van der Waals surface area contributed by atoms with Gasteiger partial charge in [-0.1, -0.05) is 17.7 Å². The van der Waals surface area contributed by atoms with Crippen molar-refractivity contribution in [3.8, 4) is 0 Å². The van der Waals surface area contributed by atoms with Crippen molar-refractivity contribution < 1.29 is 18.0 Å². The highest BCUT2D eigenvalue weighted by Crippen LogP contribution is 2.36. The number of carbonyl (C=O) groups excluding carboxylic acids is 1. The molecular formula is C13H14ClF3N2O. The average Bonchev–Trinajstić information content (AvgIpc) is 3.17. The SMILES string of the molecule is CC(C1CC1)N(CC(F)(F)F)C(=O)c1cccc(Cl)n1. The molecule has 1 fully saturated rings. The Hall–Kier alpha value is -1.30. The normalized spacial score (nSPS) is 16.9. The van der Waals surface area contributed by atoms with Gasteiger partial charge in [0.25, 0.3) is 5.91 Å².